The van der Waals surface area contributed by atoms with Crippen molar-refractivity contribution in [3.8, 4) is 0 Å². The maximum atomic E-state index is 10.7. The third-order valence-corrected chi connectivity index (χ3v) is 1.55. The summed E-state index contributed by atoms with van der Waals surface area (Å²) in [4.78, 5) is 12.4. The zero-order chi connectivity index (χ0) is 9.14. The summed E-state index contributed by atoms with van der Waals surface area (Å²) in [5, 5.41) is 8.77. The van der Waals surface area contributed by atoms with Gasteiger partial charge in [-0.3, -0.25) is 0 Å². The first kappa shape index (κ1) is 8.59. The quantitative estimate of drug-likeness (QED) is 0.715. The van der Waals surface area contributed by atoms with Crippen molar-refractivity contribution < 1.29 is 9.90 Å². The van der Waals surface area contributed by atoms with Crippen LogP contribution in [0.1, 0.15) is 10.4 Å². The highest BCUT2D eigenvalue weighted by molar-refractivity contribution is 5.94. The number of anilines is 1. The van der Waals surface area contributed by atoms with Crippen molar-refractivity contribution in [1.29, 1.82) is 0 Å². The van der Waals surface area contributed by atoms with Crippen LogP contribution in [0, 0.1) is 6.07 Å². The monoisotopic (exact) mass is 164 g/mol. The summed E-state index contributed by atoms with van der Waals surface area (Å²) in [5.41, 5.74) is 0.976. The number of carboxylic acid groups (broad SMARTS) is 1. The average molecular weight is 164 g/mol. The fourth-order valence-corrected chi connectivity index (χ4v) is 0.972. The molecule has 0 aliphatic rings. The van der Waals surface area contributed by atoms with E-state index < -0.39 is 5.97 Å². The Hall–Kier alpha value is -1.51. The van der Waals surface area contributed by atoms with Gasteiger partial charge in [-0.05, 0) is 18.2 Å². The van der Waals surface area contributed by atoms with E-state index in [4.69, 9.17) is 5.11 Å². The summed E-state index contributed by atoms with van der Waals surface area (Å²) < 4.78 is 0. The minimum Gasteiger partial charge on any atom is -0.478 e. The molecule has 0 saturated heterocycles. The largest absolute Gasteiger partial charge is 0.478 e. The second-order valence-electron chi connectivity index (χ2n) is 2.64. The molecular formula is C9H10NO2. The van der Waals surface area contributed by atoms with Gasteiger partial charge >= 0.3 is 5.97 Å². The van der Waals surface area contributed by atoms with Crippen molar-refractivity contribution in [2.45, 2.75) is 0 Å². The Kier molecular flexibility index (Phi) is 2.33. The van der Waals surface area contributed by atoms with Gasteiger partial charge in [0.2, 0.25) is 0 Å². The van der Waals surface area contributed by atoms with Crippen molar-refractivity contribution in [2.24, 2.45) is 0 Å². The first-order chi connectivity index (χ1) is 5.63. The van der Waals surface area contributed by atoms with Crippen LogP contribution in [0.2, 0.25) is 0 Å². The number of hydrogen-bond acceptors (Lipinski definition) is 2. The molecule has 63 valence electrons. The van der Waals surface area contributed by atoms with Crippen molar-refractivity contribution in [1.82, 2.24) is 0 Å². The average Bonchev–Trinajstić information content (AvgIpc) is 2.04. The molecule has 0 bridgehead atoms. The van der Waals surface area contributed by atoms with E-state index in [0.29, 0.717) is 11.3 Å². The number of carbonyl (C=O) groups is 1. The van der Waals surface area contributed by atoms with Crippen LogP contribution in [0.4, 0.5) is 5.69 Å². The van der Waals surface area contributed by atoms with E-state index in [-0.39, 0.29) is 0 Å². The third-order valence-electron chi connectivity index (χ3n) is 1.55. The van der Waals surface area contributed by atoms with E-state index in [0.717, 1.165) is 0 Å². The fourth-order valence-electron chi connectivity index (χ4n) is 0.972. The minimum atomic E-state index is -0.910. The lowest BCUT2D eigenvalue weighted by atomic mass is 10.2. The summed E-state index contributed by atoms with van der Waals surface area (Å²) >= 11 is 0. The van der Waals surface area contributed by atoms with Crippen LogP contribution in [0.5, 0.6) is 0 Å². The molecule has 0 aliphatic carbocycles. The van der Waals surface area contributed by atoms with E-state index >= 15 is 0 Å². The van der Waals surface area contributed by atoms with Crippen LogP contribution in [-0.2, 0) is 0 Å². The second kappa shape index (κ2) is 3.26. The van der Waals surface area contributed by atoms with Gasteiger partial charge in [-0.25, -0.2) is 4.79 Å². The maximum Gasteiger partial charge on any atom is 0.337 e. The molecular weight excluding hydrogens is 154 g/mol. The van der Waals surface area contributed by atoms with Crippen LogP contribution >= 0.6 is 0 Å². The molecule has 1 aromatic carbocycles. The molecule has 3 heteroatoms. The lowest BCUT2D eigenvalue weighted by Gasteiger charge is -2.14. The van der Waals surface area contributed by atoms with Crippen LogP contribution in [0.25, 0.3) is 0 Å². The first-order valence-electron chi connectivity index (χ1n) is 3.53. The molecule has 12 heavy (non-hydrogen) atoms. The SMILES string of the molecule is CN(C)c1c[c]ccc1C(=O)O. The van der Waals surface area contributed by atoms with E-state index in [1.165, 1.54) is 6.07 Å². The van der Waals surface area contributed by atoms with Crippen molar-refractivity contribution in [2.75, 3.05) is 19.0 Å². The van der Waals surface area contributed by atoms with Crippen molar-refractivity contribution in [3.63, 3.8) is 0 Å². The lowest BCUT2D eigenvalue weighted by molar-refractivity contribution is 0.0697. The molecule has 1 radical (unpaired) electrons. The Labute approximate surface area is 71.2 Å². The molecule has 0 aliphatic heterocycles. The second-order valence-corrected chi connectivity index (χ2v) is 2.64. The Balaban J connectivity index is 3.17. The molecule has 0 heterocycles. The van der Waals surface area contributed by atoms with Crippen LogP contribution in [-0.4, -0.2) is 25.2 Å². The third kappa shape index (κ3) is 1.56. The highest BCUT2D eigenvalue weighted by atomic mass is 16.4. The van der Waals surface area contributed by atoms with Crippen LogP contribution in [0.15, 0.2) is 18.2 Å². The molecule has 0 saturated carbocycles. The first-order valence-corrected chi connectivity index (χ1v) is 3.53. The zero-order valence-corrected chi connectivity index (χ0v) is 7.03. The van der Waals surface area contributed by atoms with E-state index in [9.17, 15) is 4.79 Å². The highest BCUT2D eigenvalue weighted by Gasteiger charge is 2.09. The number of rotatable bonds is 2. The van der Waals surface area contributed by atoms with Crippen molar-refractivity contribution >= 4 is 11.7 Å². The molecule has 0 aromatic heterocycles. The molecule has 0 fully saturated rings. The Morgan fingerprint density at radius 1 is 1.58 bits per heavy atom. The van der Waals surface area contributed by atoms with Crippen molar-refractivity contribution in [3.05, 3.63) is 29.8 Å². The van der Waals surface area contributed by atoms with Gasteiger partial charge in [0.05, 0.1) is 11.3 Å². The number of nitrogens with zero attached hydrogens (tertiary/aromatic N) is 1. The number of carboxylic acids is 1. The molecule has 0 atom stereocenters. The smallest absolute Gasteiger partial charge is 0.337 e. The predicted octanol–water partition coefficient (Wildman–Crippen LogP) is 1.25. The summed E-state index contributed by atoms with van der Waals surface area (Å²) in [6, 6.07) is 7.62. The summed E-state index contributed by atoms with van der Waals surface area (Å²) in [6.45, 7) is 0. The number of benzene rings is 1. The van der Waals surface area contributed by atoms with Gasteiger partial charge in [0.25, 0.3) is 0 Å². The summed E-state index contributed by atoms with van der Waals surface area (Å²) in [5.74, 6) is -0.910. The maximum absolute atomic E-state index is 10.7. The van der Waals surface area contributed by atoms with E-state index in [1.807, 2.05) is 0 Å². The van der Waals surface area contributed by atoms with Gasteiger partial charge in [0.15, 0.2) is 0 Å². The Bertz CT molecular complexity index is 294. The van der Waals surface area contributed by atoms with E-state index in [2.05, 4.69) is 6.07 Å². The summed E-state index contributed by atoms with van der Waals surface area (Å²) in [6.07, 6.45) is 0. The molecule has 1 N–H and O–H groups in total. The standard InChI is InChI=1S/C9H10NO2/c1-10(2)8-6-4-3-5-7(8)9(11)12/h3,5-6H,1-2H3,(H,11,12). The Morgan fingerprint density at radius 2 is 2.25 bits per heavy atom. The van der Waals surface area contributed by atoms with E-state index in [1.54, 1.807) is 31.1 Å². The Morgan fingerprint density at radius 3 is 2.67 bits per heavy atom. The van der Waals surface area contributed by atoms with Gasteiger partial charge in [-0.1, -0.05) is 6.07 Å². The number of hydrogen-bond donors (Lipinski definition) is 1. The molecule has 1 aromatic rings. The minimum absolute atomic E-state index is 0.304. The molecule has 0 unspecified atom stereocenters. The molecule has 1 rings (SSSR count). The highest BCUT2D eigenvalue weighted by Crippen LogP contribution is 2.16. The molecule has 0 amide bonds. The zero-order valence-electron chi connectivity index (χ0n) is 7.03. The number of aromatic carboxylic acids is 1. The topological polar surface area (TPSA) is 40.5 Å². The van der Waals surface area contributed by atoms with Gasteiger partial charge in [0, 0.05) is 14.1 Å². The normalized spacial score (nSPS) is 9.50. The molecule has 0 spiro atoms. The predicted molar refractivity (Wildman–Crippen MR) is 46.6 cm³/mol. The van der Waals surface area contributed by atoms with Gasteiger partial charge in [-0.15, -0.1) is 0 Å². The summed E-state index contributed by atoms with van der Waals surface area (Å²) in [7, 11) is 3.60. The lowest BCUT2D eigenvalue weighted by Crippen LogP contribution is -2.13. The van der Waals surface area contributed by atoms with Crippen LogP contribution < -0.4 is 4.90 Å². The van der Waals surface area contributed by atoms with Gasteiger partial charge in [0.1, 0.15) is 0 Å². The molecule has 3 nitrogen and oxygen atoms in total. The van der Waals surface area contributed by atoms with Crippen LogP contribution in [0.3, 0.4) is 0 Å². The van der Waals surface area contributed by atoms with Gasteiger partial charge < -0.3 is 10.0 Å². The fraction of sp³-hybridized carbons (Fsp3) is 0.222. The van der Waals surface area contributed by atoms with Gasteiger partial charge in [-0.2, -0.15) is 0 Å².